The maximum absolute atomic E-state index is 8.92. The van der Waals surface area contributed by atoms with Crippen LogP contribution in [0.4, 0.5) is 0 Å². The number of methoxy groups -OCH3 is 2. The molecule has 4 heteroatoms. The fourth-order valence-electron chi connectivity index (χ4n) is 2.90. The van der Waals surface area contributed by atoms with Crippen molar-refractivity contribution in [1.29, 1.82) is 5.26 Å². The number of hydrogen-bond donors (Lipinski definition) is 0. The summed E-state index contributed by atoms with van der Waals surface area (Å²) in [6.45, 7) is 1.70. The first-order chi connectivity index (χ1) is 11.7. The largest absolute Gasteiger partial charge is 0.497 e. The molecule has 4 nitrogen and oxygen atoms in total. The van der Waals surface area contributed by atoms with Crippen molar-refractivity contribution >= 4 is 0 Å². The van der Waals surface area contributed by atoms with E-state index in [-0.39, 0.29) is 0 Å². The van der Waals surface area contributed by atoms with E-state index in [9.17, 15) is 0 Å². The van der Waals surface area contributed by atoms with Gasteiger partial charge in [0.25, 0.3) is 0 Å². The first kappa shape index (κ1) is 16.4. The minimum Gasteiger partial charge on any atom is -0.497 e. The smallest absolute Gasteiger partial charge is 0.123 e. The summed E-state index contributed by atoms with van der Waals surface area (Å²) in [5.41, 5.74) is 3.06. The van der Waals surface area contributed by atoms with Crippen LogP contribution in [-0.4, -0.2) is 25.2 Å². The van der Waals surface area contributed by atoms with Crippen LogP contribution in [-0.2, 0) is 13.1 Å². The summed E-state index contributed by atoms with van der Waals surface area (Å²) < 4.78 is 10.9. The Hall–Kier alpha value is -2.51. The molecule has 1 aliphatic carbocycles. The molecule has 2 aromatic carbocycles. The van der Waals surface area contributed by atoms with Crippen LogP contribution in [0.15, 0.2) is 42.5 Å². The zero-order chi connectivity index (χ0) is 16.9. The fraction of sp³-hybridized carbons (Fsp3) is 0.350. The van der Waals surface area contributed by atoms with Gasteiger partial charge < -0.3 is 9.47 Å². The van der Waals surface area contributed by atoms with Crippen molar-refractivity contribution in [2.75, 3.05) is 14.2 Å². The summed E-state index contributed by atoms with van der Waals surface area (Å²) in [7, 11) is 3.38. The van der Waals surface area contributed by atoms with Crippen LogP contribution in [0.25, 0.3) is 0 Å². The molecule has 0 atom stereocenters. The molecule has 0 aliphatic heterocycles. The summed E-state index contributed by atoms with van der Waals surface area (Å²) in [4.78, 5) is 2.47. The van der Waals surface area contributed by atoms with Gasteiger partial charge in [-0.3, -0.25) is 4.90 Å². The Morgan fingerprint density at radius 2 is 1.79 bits per heavy atom. The van der Waals surface area contributed by atoms with E-state index >= 15 is 0 Å². The molecule has 1 aliphatic rings. The highest BCUT2D eigenvalue weighted by Gasteiger charge is 2.29. The highest BCUT2D eigenvalue weighted by atomic mass is 16.5. The Kier molecular flexibility index (Phi) is 5.02. The van der Waals surface area contributed by atoms with Gasteiger partial charge in [-0.15, -0.1) is 0 Å². The Morgan fingerprint density at radius 3 is 2.38 bits per heavy atom. The second-order valence-electron chi connectivity index (χ2n) is 6.12. The van der Waals surface area contributed by atoms with Crippen molar-refractivity contribution in [3.63, 3.8) is 0 Å². The van der Waals surface area contributed by atoms with Crippen molar-refractivity contribution in [2.45, 2.75) is 32.0 Å². The molecule has 0 unspecified atom stereocenters. The lowest BCUT2D eigenvalue weighted by Crippen LogP contribution is -2.25. The fourth-order valence-corrected chi connectivity index (χ4v) is 2.90. The van der Waals surface area contributed by atoms with Crippen LogP contribution in [0.2, 0.25) is 0 Å². The summed E-state index contributed by atoms with van der Waals surface area (Å²) in [6, 6.07) is 16.6. The first-order valence-corrected chi connectivity index (χ1v) is 8.17. The lowest BCUT2D eigenvalue weighted by molar-refractivity contribution is 0.241. The third-order valence-corrected chi connectivity index (χ3v) is 4.39. The molecule has 0 bridgehead atoms. The molecule has 1 fully saturated rings. The third-order valence-electron chi connectivity index (χ3n) is 4.39. The quantitative estimate of drug-likeness (QED) is 0.779. The van der Waals surface area contributed by atoms with Gasteiger partial charge in [-0.05, 0) is 48.7 Å². The van der Waals surface area contributed by atoms with Crippen LogP contribution < -0.4 is 9.47 Å². The van der Waals surface area contributed by atoms with Crippen LogP contribution in [0.5, 0.6) is 11.5 Å². The molecular weight excluding hydrogens is 300 g/mol. The van der Waals surface area contributed by atoms with E-state index in [0.29, 0.717) is 11.6 Å². The number of benzene rings is 2. The lowest BCUT2D eigenvalue weighted by atomic mass is 10.1. The topological polar surface area (TPSA) is 45.5 Å². The molecule has 3 rings (SSSR count). The third kappa shape index (κ3) is 3.87. The normalized spacial score (nSPS) is 13.6. The molecule has 1 saturated carbocycles. The van der Waals surface area contributed by atoms with Gasteiger partial charge in [0.15, 0.2) is 0 Å². The first-order valence-electron chi connectivity index (χ1n) is 8.17. The van der Waals surface area contributed by atoms with Gasteiger partial charge in [-0.1, -0.05) is 12.1 Å². The van der Waals surface area contributed by atoms with Crippen molar-refractivity contribution < 1.29 is 9.47 Å². The number of rotatable bonds is 7. The van der Waals surface area contributed by atoms with E-state index in [1.165, 1.54) is 18.4 Å². The Balaban J connectivity index is 1.78. The zero-order valence-corrected chi connectivity index (χ0v) is 14.2. The Morgan fingerprint density at radius 1 is 1.04 bits per heavy atom. The highest BCUT2D eigenvalue weighted by Crippen LogP contribution is 2.33. The van der Waals surface area contributed by atoms with E-state index in [1.54, 1.807) is 14.2 Å². The number of nitriles is 1. The summed E-state index contributed by atoms with van der Waals surface area (Å²) in [5, 5.41) is 8.92. The van der Waals surface area contributed by atoms with E-state index in [0.717, 1.165) is 30.2 Å². The van der Waals surface area contributed by atoms with Gasteiger partial charge in [0.2, 0.25) is 0 Å². The number of hydrogen-bond acceptors (Lipinski definition) is 4. The summed E-state index contributed by atoms with van der Waals surface area (Å²) in [5.74, 6) is 1.74. The van der Waals surface area contributed by atoms with E-state index in [1.807, 2.05) is 42.5 Å². The molecular formula is C20H22N2O2. The second-order valence-corrected chi connectivity index (χ2v) is 6.12. The van der Waals surface area contributed by atoms with Gasteiger partial charge in [-0.2, -0.15) is 5.26 Å². The van der Waals surface area contributed by atoms with Gasteiger partial charge in [0.05, 0.1) is 25.9 Å². The molecule has 2 aromatic rings. The standard InChI is InChI=1S/C20H22N2O2/c1-23-19-9-10-20(24-2)17(11-19)14-22(18-7-8-18)13-16-5-3-15(12-21)4-6-16/h3-6,9-11,18H,7-8,13-14H2,1-2H3. The highest BCUT2D eigenvalue weighted by molar-refractivity contribution is 5.40. The van der Waals surface area contributed by atoms with Crippen molar-refractivity contribution in [3.05, 3.63) is 59.2 Å². The van der Waals surface area contributed by atoms with Crippen molar-refractivity contribution in [1.82, 2.24) is 4.90 Å². The summed E-state index contributed by atoms with van der Waals surface area (Å²) in [6.07, 6.45) is 2.48. The van der Waals surface area contributed by atoms with Crippen LogP contribution >= 0.6 is 0 Å². The predicted octanol–water partition coefficient (Wildman–Crippen LogP) is 3.74. The molecule has 0 saturated heterocycles. The molecule has 24 heavy (non-hydrogen) atoms. The van der Waals surface area contributed by atoms with Gasteiger partial charge in [0.1, 0.15) is 11.5 Å². The minimum atomic E-state index is 0.622. The van der Waals surface area contributed by atoms with E-state index in [4.69, 9.17) is 14.7 Å². The second kappa shape index (κ2) is 7.37. The summed E-state index contributed by atoms with van der Waals surface area (Å²) >= 11 is 0. The Labute approximate surface area is 143 Å². The Bertz CT molecular complexity index is 730. The molecule has 124 valence electrons. The monoisotopic (exact) mass is 322 g/mol. The number of nitrogens with zero attached hydrogens (tertiary/aromatic N) is 2. The SMILES string of the molecule is COc1ccc(OC)c(CN(Cc2ccc(C#N)cc2)C2CC2)c1. The maximum Gasteiger partial charge on any atom is 0.123 e. The van der Waals surface area contributed by atoms with Gasteiger partial charge in [-0.25, -0.2) is 0 Å². The molecule has 0 heterocycles. The van der Waals surface area contributed by atoms with Crippen LogP contribution in [0.1, 0.15) is 29.5 Å². The van der Waals surface area contributed by atoms with Crippen LogP contribution in [0.3, 0.4) is 0 Å². The molecule has 0 aromatic heterocycles. The van der Waals surface area contributed by atoms with Gasteiger partial charge >= 0.3 is 0 Å². The number of ether oxygens (including phenoxy) is 2. The van der Waals surface area contributed by atoms with E-state index < -0.39 is 0 Å². The maximum atomic E-state index is 8.92. The van der Waals surface area contributed by atoms with Crippen molar-refractivity contribution in [3.8, 4) is 17.6 Å². The molecule has 0 spiro atoms. The van der Waals surface area contributed by atoms with E-state index in [2.05, 4.69) is 11.0 Å². The molecule has 0 N–H and O–H groups in total. The lowest BCUT2D eigenvalue weighted by Gasteiger charge is -2.23. The average Bonchev–Trinajstić information content (AvgIpc) is 3.46. The minimum absolute atomic E-state index is 0.622. The average molecular weight is 322 g/mol. The zero-order valence-electron chi connectivity index (χ0n) is 14.2. The molecule has 0 radical (unpaired) electrons. The molecule has 0 amide bonds. The van der Waals surface area contributed by atoms with Crippen LogP contribution in [0, 0.1) is 11.3 Å². The van der Waals surface area contributed by atoms with Gasteiger partial charge in [0, 0.05) is 24.7 Å². The predicted molar refractivity (Wildman–Crippen MR) is 93.0 cm³/mol. The van der Waals surface area contributed by atoms with Crippen molar-refractivity contribution in [2.24, 2.45) is 0 Å².